The number of pyridine rings is 1. The maximum atomic E-state index is 9.33. The number of benzene rings is 1. The first-order chi connectivity index (χ1) is 9.81. The molecule has 5 heteroatoms. The minimum Gasteiger partial charge on any atom is -0.382 e. The number of hydrogen-bond donors (Lipinski definition) is 1. The van der Waals surface area contributed by atoms with Gasteiger partial charge in [0.2, 0.25) is 0 Å². The Hall–Kier alpha value is -3.13. The van der Waals surface area contributed by atoms with Crippen molar-refractivity contribution in [1.29, 1.82) is 5.26 Å². The van der Waals surface area contributed by atoms with E-state index >= 15 is 0 Å². The number of hydrogen-bond acceptors (Lipinski definition) is 4. The first-order valence-corrected chi connectivity index (χ1v) is 6.05. The van der Waals surface area contributed by atoms with E-state index in [4.69, 9.17) is 5.73 Å². The zero-order chi connectivity index (χ0) is 13.9. The summed E-state index contributed by atoms with van der Waals surface area (Å²) in [6.45, 7) is 0. The molecule has 0 atom stereocenters. The van der Waals surface area contributed by atoms with Crippen LogP contribution >= 0.6 is 0 Å². The van der Waals surface area contributed by atoms with Crippen LogP contribution in [0, 0.1) is 11.3 Å². The second kappa shape index (κ2) is 4.86. The van der Waals surface area contributed by atoms with E-state index in [0.29, 0.717) is 17.1 Å². The summed E-state index contributed by atoms with van der Waals surface area (Å²) in [5.41, 5.74) is 8.65. The monoisotopic (exact) mass is 261 g/mol. The molecule has 3 aromatic rings. The molecule has 0 aliphatic heterocycles. The van der Waals surface area contributed by atoms with Crippen LogP contribution in [0.2, 0.25) is 0 Å². The van der Waals surface area contributed by atoms with Crippen LogP contribution in [0.25, 0.3) is 16.9 Å². The molecule has 0 aliphatic rings. The van der Waals surface area contributed by atoms with E-state index in [1.165, 1.54) is 0 Å². The Balaban J connectivity index is 2.22. The van der Waals surface area contributed by atoms with Crippen molar-refractivity contribution in [2.24, 2.45) is 0 Å². The summed E-state index contributed by atoms with van der Waals surface area (Å²) in [6.07, 6.45) is 3.31. The molecule has 0 unspecified atom stereocenters. The normalized spacial score (nSPS) is 10.2. The number of nitriles is 1. The first kappa shape index (κ1) is 11.9. The lowest BCUT2D eigenvalue weighted by molar-refractivity contribution is 0.892. The minimum absolute atomic E-state index is 0.331. The molecule has 2 aromatic heterocycles. The third kappa shape index (κ3) is 1.89. The van der Waals surface area contributed by atoms with Crippen LogP contribution in [0.4, 0.5) is 5.82 Å². The van der Waals surface area contributed by atoms with Crippen molar-refractivity contribution in [3.8, 4) is 23.0 Å². The zero-order valence-corrected chi connectivity index (χ0v) is 10.6. The molecule has 0 amide bonds. The standard InChI is InChI=1S/C15H11N5/c16-10-13-14(11-4-2-1-3-5-11)19-20(15(13)17)12-6-8-18-9-7-12/h1-9H,17H2. The van der Waals surface area contributed by atoms with Gasteiger partial charge in [-0.1, -0.05) is 30.3 Å². The molecule has 0 spiro atoms. The summed E-state index contributed by atoms with van der Waals surface area (Å²) in [6, 6.07) is 15.2. The predicted molar refractivity (Wildman–Crippen MR) is 75.9 cm³/mol. The molecule has 2 N–H and O–H groups in total. The zero-order valence-electron chi connectivity index (χ0n) is 10.6. The van der Waals surface area contributed by atoms with Gasteiger partial charge in [-0.25, -0.2) is 4.68 Å². The molecule has 0 bridgehead atoms. The largest absolute Gasteiger partial charge is 0.382 e. The summed E-state index contributed by atoms with van der Waals surface area (Å²) in [7, 11) is 0. The maximum Gasteiger partial charge on any atom is 0.145 e. The van der Waals surface area contributed by atoms with Gasteiger partial charge in [0.15, 0.2) is 0 Å². The molecular formula is C15H11N5. The van der Waals surface area contributed by atoms with Gasteiger partial charge in [0.25, 0.3) is 0 Å². The third-order valence-corrected chi connectivity index (χ3v) is 2.99. The predicted octanol–water partition coefficient (Wildman–Crippen LogP) is 2.39. The van der Waals surface area contributed by atoms with Gasteiger partial charge in [0, 0.05) is 18.0 Å². The molecule has 5 nitrogen and oxygen atoms in total. The minimum atomic E-state index is 0.331. The highest BCUT2D eigenvalue weighted by Gasteiger charge is 2.17. The topological polar surface area (TPSA) is 80.5 Å². The first-order valence-electron chi connectivity index (χ1n) is 6.05. The lowest BCUT2D eigenvalue weighted by atomic mass is 10.1. The van der Waals surface area contributed by atoms with Crippen LogP contribution in [-0.4, -0.2) is 14.8 Å². The molecule has 2 heterocycles. The van der Waals surface area contributed by atoms with Crippen LogP contribution in [0.15, 0.2) is 54.9 Å². The summed E-state index contributed by atoms with van der Waals surface area (Å²) in [4.78, 5) is 3.96. The highest BCUT2D eigenvalue weighted by atomic mass is 15.3. The smallest absolute Gasteiger partial charge is 0.145 e. The SMILES string of the molecule is N#Cc1c(-c2ccccc2)nn(-c2ccncc2)c1N. The number of nitrogen functional groups attached to an aromatic ring is 1. The number of nitrogens with two attached hydrogens (primary N) is 1. The van der Waals surface area contributed by atoms with Crippen LogP contribution in [0.3, 0.4) is 0 Å². The fraction of sp³-hybridized carbons (Fsp3) is 0. The van der Waals surface area contributed by atoms with Crippen molar-refractivity contribution < 1.29 is 0 Å². The van der Waals surface area contributed by atoms with Crippen LogP contribution in [0.1, 0.15) is 5.56 Å². The molecule has 0 aliphatic carbocycles. The third-order valence-electron chi connectivity index (χ3n) is 2.99. The van der Waals surface area contributed by atoms with E-state index in [2.05, 4.69) is 16.2 Å². The Kier molecular flexibility index (Phi) is 2.90. The van der Waals surface area contributed by atoms with Gasteiger partial charge in [0.05, 0.1) is 5.69 Å². The van der Waals surface area contributed by atoms with Crippen LogP contribution in [-0.2, 0) is 0 Å². The fourth-order valence-corrected chi connectivity index (χ4v) is 2.02. The van der Waals surface area contributed by atoms with E-state index in [1.807, 2.05) is 30.3 Å². The molecule has 1 aromatic carbocycles. The van der Waals surface area contributed by atoms with E-state index in [1.54, 1.807) is 29.2 Å². The van der Waals surface area contributed by atoms with Gasteiger partial charge in [-0.15, -0.1) is 0 Å². The maximum absolute atomic E-state index is 9.33. The molecule has 96 valence electrons. The average molecular weight is 261 g/mol. The number of nitrogens with zero attached hydrogens (tertiary/aromatic N) is 4. The molecule has 0 radical (unpaired) electrons. The van der Waals surface area contributed by atoms with Crippen molar-refractivity contribution >= 4 is 5.82 Å². The summed E-state index contributed by atoms with van der Waals surface area (Å²) >= 11 is 0. The Morgan fingerprint density at radius 3 is 2.40 bits per heavy atom. The Bertz CT molecular complexity index is 769. The average Bonchev–Trinajstić information content (AvgIpc) is 2.86. The molecule has 0 saturated carbocycles. The molecule has 3 rings (SSSR count). The number of anilines is 1. The van der Waals surface area contributed by atoms with Crippen molar-refractivity contribution in [3.63, 3.8) is 0 Å². The van der Waals surface area contributed by atoms with Gasteiger partial charge >= 0.3 is 0 Å². The van der Waals surface area contributed by atoms with Crippen molar-refractivity contribution in [3.05, 3.63) is 60.4 Å². The highest BCUT2D eigenvalue weighted by Crippen LogP contribution is 2.28. The van der Waals surface area contributed by atoms with Gasteiger partial charge in [-0.2, -0.15) is 10.4 Å². The summed E-state index contributed by atoms with van der Waals surface area (Å²) in [5.74, 6) is 0.331. The molecule has 0 saturated heterocycles. The van der Waals surface area contributed by atoms with Crippen molar-refractivity contribution in [1.82, 2.24) is 14.8 Å². The van der Waals surface area contributed by atoms with Gasteiger partial charge in [0.1, 0.15) is 23.1 Å². The Morgan fingerprint density at radius 1 is 1.05 bits per heavy atom. The lowest BCUT2D eigenvalue weighted by Crippen LogP contribution is -2.02. The van der Waals surface area contributed by atoms with Gasteiger partial charge in [-0.3, -0.25) is 4.98 Å². The second-order valence-electron chi connectivity index (χ2n) is 4.20. The fourth-order valence-electron chi connectivity index (χ4n) is 2.02. The van der Waals surface area contributed by atoms with E-state index < -0.39 is 0 Å². The Labute approximate surface area is 115 Å². The highest BCUT2D eigenvalue weighted by molar-refractivity contribution is 5.73. The quantitative estimate of drug-likeness (QED) is 0.768. The van der Waals surface area contributed by atoms with E-state index in [0.717, 1.165) is 11.3 Å². The van der Waals surface area contributed by atoms with Gasteiger partial charge < -0.3 is 5.73 Å². The Morgan fingerprint density at radius 2 is 1.75 bits per heavy atom. The van der Waals surface area contributed by atoms with E-state index in [9.17, 15) is 5.26 Å². The number of aromatic nitrogens is 3. The van der Waals surface area contributed by atoms with Crippen molar-refractivity contribution in [2.45, 2.75) is 0 Å². The summed E-state index contributed by atoms with van der Waals surface area (Å²) < 4.78 is 1.56. The van der Waals surface area contributed by atoms with Crippen LogP contribution in [0.5, 0.6) is 0 Å². The van der Waals surface area contributed by atoms with Gasteiger partial charge in [-0.05, 0) is 12.1 Å². The van der Waals surface area contributed by atoms with Crippen LogP contribution < -0.4 is 5.73 Å². The summed E-state index contributed by atoms with van der Waals surface area (Å²) in [5, 5.41) is 13.8. The second-order valence-corrected chi connectivity index (χ2v) is 4.20. The number of rotatable bonds is 2. The molecule has 20 heavy (non-hydrogen) atoms. The lowest BCUT2D eigenvalue weighted by Gasteiger charge is -2.02. The van der Waals surface area contributed by atoms with E-state index in [-0.39, 0.29) is 0 Å². The molecular weight excluding hydrogens is 250 g/mol. The van der Waals surface area contributed by atoms with Crippen molar-refractivity contribution in [2.75, 3.05) is 5.73 Å². The molecule has 0 fully saturated rings.